The molecular formula is C24H24ClFN6O3S. The zero-order chi connectivity index (χ0) is 25.4. The van der Waals surface area contributed by atoms with E-state index >= 15 is 4.39 Å². The average molecular weight is 531 g/mol. The lowest BCUT2D eigenvalue weighted by Gasteiger charge is -2.23. The van der Waals surface area contributed by atoms with Gasteiger partial charge in [-0.15, -0.1) is 0 Å². The first kappa shape index (κ1) is 24.4. The summed E-state index contributed by atoms with van der Waals surface area (Å²) >= 11 is 6.11. The third-order valence-corrected chi connectivity index (χ3v) is 8.29. The summed E-state index contributed by atoms with van der Waals surface area (Å²) in [5, 5.41) is 8.62. The van der Waals surface area contributed by atoms with Crippen LogP contribution >= 0.6 is 11.6 Å². The van der Waals surface area contributed by atoms with E-state index in [0.29, 0.717) is 16.8 Å². The Morgan fingerprint density at radius 2 is 2.00 bits per heavy atom. The molecule has 1 aliphatic heterocycles. The SMILES string of the molecule is COc1ccc(S(=O)(=O)Cc2cccc(-c3nn(C4CCNCC4)c4ncnc(N)c34)c2F)cc1Cl. The quantitative estimate of drug-likeness (QED) is 0.386. The Hall–Kier alpha value is -3.28. The maximum Gasteiger partial charge on any atom is 0.182 e. The first-order chi connectivity index (χ1) is 17.3. The van der Waals surface area contributed by atoms with Crippen LogP contribution in [0.4, 0.5) is 10.2 Å². The molecule has 9 nitrogen and oxygen atoms in total. The molecule has 2 aromatic carbocycles. The van der Waals surface area contributed by atoms with Gasteiger partial charge in [0.05, 0.1) is 34.2 Å². The molecule has 0 spiro atoms. The molecule has 36 heavy (non-hydrogen) atoms. The number of piperidine rings is 1. The Morgan fingerprint density at radius 3 is 2.72 bits per heavy atom. The van der Waals surface area contributed by atoms with Crippen LogP contribution in [-0.4, -0.2) is 48.4 Å². The second-order valence-electron chi connectivity index (χ2n) is 8.57. The lowest BCUT2D eigenvalue weighted by molar-refractivity contribution is 0.350. The van der Waals surface area contributed by atoms with E-state index in [1.807, 2.05) is 0 Å². The van der Waals surface area contributed by atoms with Crippen molar-refractivity contribution >= 4 is 38.3 Å². The third kappa shape index (κ3) is 4.38. The van der Waals surface area contributed by atoms with Crippen molar-refractivity contribution in [1.82, 2.24) is 25.1 Å². The molecule has 0 saturated carbocycles. The lowest BCUT2D eigenvalue weighted by Crippen LogP contribution is -2.30. The van der Waals surface area contributed by atoms with E-state index in [4.69, 9.17) is 27.2 Å². The Kier molecular flexibility index (Phi) is 6.54. The number of hydrogen-bond acceptors (Lipinski definition) is 8. The number of aromatic nitrogens is 4. The van der Waals surface area contributed by atoms with Crippen molar-refractivity contribution in [2.45, 2.75) is 29.5 Å². The van der Waals surface area contributed by atoms with Crippen molar-refractivity contribution in [3.8, 4) is 17.0 Å². The van der Waals surface area contributed by atoms with Gasteiger partial charge < -0.3 is 15.8 Å². The summed E-state index contributed by atoms with van der Waals surface area (Å²) in [6.45, 7) is 1.66. The molecule has 188 valence electrons. The average Bonchev–Trinajstić information content (AvgIpc) is 3.26. The summed E-state index contributed by atoms with van der Waals surface area (Å²) in [5.74, 6) is -0.727. The van der Waals surface area contributed by atoms with Crippen LogP contribution in [0.2, 0.25) is 5.02 Å². The second-order valence-corrected chi connectivity index (χ2v) is 11.0. The van der Waals surface area contributed by atoms with E-state index in [1.54, 1.807) is 16.8 Å². The number of methoxy groups -OCH3 is 1. The maximum absolute atomic E-state index is 15.9. The monoisotopic (exact) mass is 530 g/mol. The molecule has 0 unspecified atom stereocenters. The number of halogens is 2. The minimum Gasteiger partial charge on any atom is -0.495 e. The Labute approximate surface area is 212 Å². The maximum atomic E-state index is 15.9. The molecule has 4 aromatic rings. The summed E-state index contributed by atoms with van der Waals surface area (Å²) in [7, 11) is -2.47. The van der Waals surface area contributed by atoms with E-state index in [9.17, 15) is 8.42 Å². The van der Waals surface area contributed by atoms with Crippen LogP contribution in [0.5, 0.6) is 5.75 Å². The van der Waals surface area contributed by atoms with Crippen LogP contribution < -0.4 is 15.8 Å². The molecule has 2 aromatic heterocycles. The van der Waals surface area contributed by atoms with Crippen molar-refractivity contribution in [1.29, 1.82) is 0 Å². The number of hydrogen-bond donors (Lipinski definition) is 2. The van der Waals surface area contributed by atoms with Crippen LogP contribution in [0.1, 0.15) is 24.4 Å². The number of benzene rings is 2. The zero-order valence-corrected chi connectivity index (χ0v) is 21.0. The van der Waals surface area contributed by atoms with E-state index in [-0.39, 0.29) is 38.6 Å². The normalized spacial score (nSPS) is 14.9. The lowest BCUT2D eigenvalue weighted by atomic mass is 10.1. The molecule has 1 aliphatic rings. The van der Waals surface area contributed by atoms with Gasteiger partial charge >= 0.3 is 0 Å². The van der Waals surface area contributed by atoms with Crippen LogP contribution in [0.3, 0.4) is 0 Å². The largest absolute Gasteiger partial charge is 0.495 e. The fourth-order valence-electron chi connectivity index (χ4n) is 4.49. The molecule has 0 aliphatic carbocycles. The first-order valence-corrected chi connectivity index (χ1v) is 13.4. The van der Waals surface area contributed by atoms with Crippen molar-refractivity contribution in [3.05, 3.63) is 59.1 Å². The molecule has 0 amide bonds. The summed E-state index contributed by atoms with van der Waals surface area (Å²) in [6, 6.07) is 8.80. The van der Waals surface area contributed by atoms with Crippen LogP contribution in [0.25, 0.3) is 22.3 Å². The van der Waals surface area contributed by atoms with Gasteiger partial charge in [0.1, 0.15) is 29.4 Å². The number of nitrogens with zero attached hydrogens (tertiary/aromatic N) is 4. The standard InChI is InChI=1S/C24H24ClFN6O3S/c1-35-19-6-5-16(11-18(19)25)36(33,34)12-14-3-2-4-17(21(14)26)22-20-23(27)29-13-30-24(20)32(31-22)15-7-9-28-10-8-15/h2-6,11,13,15,28H,7-10,12H2,1H3,(H2,27,29,30). The molecule has 1 fully saturated rings. The highest BCUT2D eigenvalue weighted by Gasteiger charge is 2.26. The molecule has 0 bridgehead atoms. The zero-order valence-electron chi connectivity index (χ0n) is 19.4. The van der Waals surface area contributed by atoms with Gasteiger partial charge in [-0.1, -0.05) is 23.7 Å². The van der Waals surface area contributed by atoms with Gasteiger partial charge in [-0.2, -0.15) is 5.10 Å². The van der Waals surface area contributed by atoms with Gasteiger partial charge in [0.25, 0.3) is 0 Å². The van der Waals surface area contributed by atoms with Gasteiger partial charge in [-0.3, -0.25) is 0 Å². The van der Waals surface area contributed by atoms with Gasteiger partial charge in [0.15, 0.2) is 15.5 Å². The number of nitrogens with one attached hydrogen (secondary N) is 1. The minimum absolute atomic E-state index is 0.000530. The second kappa shape index (κ2) is 9.64. The van der Waals surface area contributed by atoms with Crippen molar-refractivity contribution in [2.75, 3.05) is 25.9 Å². The molecule has 0 radical (unpaired) electrons. The number of sulfone groups is 1. The molecule has 1 saturated heterocycles. The van der Waals surface area contributed by atoms with Crippen LogP contribution in [-0.2, 0) is 15.6 Å². The highest BCUT2D eigenvalue weighted by Crippen LogP contribution is 2.36. The van der Waals surface area contributed by atoms with Gasteiger partial charge in [-0.25, -0.2) is 27.5 Å². The van der Waals surface area contributed by atoms with Crippen molar-refractivity contribution in [3.63, 3.8) is 0 Å². The molecule has 3 N–H and O–H groups in total. The van der Waals surface area contributed by atoms with Gasteiger partial charge in [0, 0.05) is 11.1 Å². The molecule has 5 rings (SSSR count). The van der Waals surface area contributed by atoms with Gasteiger partial charge in [0.2, 0.25) is 0 Å². The van der Waals surface area contributed by atoms with Gasteiger partial charge in [-0.05, 0) is 50.2 Å². The number of fused-ring (bicyclic) bond motifs is 1. The van der Waals surface area contributed by atoms with Crippen molar-refractivity contribution in [2.24, 2.45) is 0 Å². The number of ether oxygens (including phenoxy) is 1. The highest BCUT2D eigenvalue weighted by molar-refractivity contribution is 7.90. The van der Waals surface area contributed by atoms with E-state index < -0.39 is 21.4 Å². The van der Waals surface area contributed by atoms with E-state index in [1.165, 1.54) is 37.7 Å². The molecular weight excluding hydrogens is 507 g/mol. The number of rotatable bonds is 6. The Morgan fingerprint density at radius 1 is 1.22 bits per heavy atom. The topological polar surface area (TPSA) is 125 Å². The number of nitrogen functional groups attached to an aromatic ring is 1. The number of nitrogens with two attached hydrogens (primary N) is 1. The van der Waals surface area contributed by atoms with Crippen molar-refractivity contribution < 1.29 is 17.5 Å². The minimum atomic E-state index is -3.91. The Balaban J connectivity index is 1.57. The smallest absolute Gasteiger partial charge is 0.182 e. The molecule has 0 atom stereocenters. The highest BCUT2D eigenvalue weighted by atomic mass is 35.5. The van der Waals surface area contributed by atoms with Crippen LogP contribution in [0, 0.1) is 5.82 Å². The molecule has 3 heterocycles. The number of anilines is 1. The third-order valence-electron chi connectivity index (χ3n) is 6.33. The first-order valence-electron chi connectivity index (χ1n) is 11.3. The fraction of sp³-hybridized carbons (Fsp3) is 0.292. The van der Waals surface area contributed by atoms with Crippen LogP contribution in [0.15, 0.2) is 47.6 Å². The fourth-order valence-corrected chi connectivity index (χ4v) is 6.19. The Bertz CT molecular complexity index is 1550. The molecule has 12 heteroatoms. The van der Waals surface area contributed by atoms with E-state index in [0.717, 1.165) is 25.9 Å². The predicted octanol–water partition coefficient (Wildman–Crippen LogP) is 3.78. The summed E-state index contributed by atoms with van der Waals surface area (Å²) in [5.41, 5.74) is 7.12. The summed E-state index contributed by atoms with van der Waals surface area (Å²) in [6.07, 6.45) is 3.04. The predicted molar refractivity (Wildman–Crippen MR) is 135 cm³/mol. The van der Waals surface area contributed by atoms with E-state index in [2.05, 4.69) is 15.3 Å². The summed E-state index contributed by atoms with van der Waals surface area (Å²) < 4.78 is 48.9. The summed E-state index contributed by atoms with van der Waals surface area (Å²) in [4.78, 5) is 8.44.